The number of fused-ring (bicyclic) bond motifs is 1. The van der Waals surface area contributed by atoms with Gasteiger partial charge < -0.3 is 4.98 Å². The van der Waals surface area contributed by atoms with Gasteiger partial charge in [-0.1, -0.05) is 13.8 Å². The van der Waals surface area contributed by atoms with Gasteiger partial charge in [-0.2, -0.15) is 0 Å². The molecule has 2 aromatic rings. The van der Waals surface area contributed by atoms with E-state index in [0.717, 1.165) is 0 Å². The fourth-order valence-electron chi connectivity index (χ4n) is 1.00. The summed E-state index contributed by atoms with van der Waals surface area (Å²) >= 11 is 0. The summed E-state index contributed by atoms with van der Waals surface area (Å²) in [6.07, 6.45) is 1.50. The maximum Gasteiger partial charge on any atom is 0.326 e. The van der Waals surface area contributed by atoms with Crippen LogP contribution in [0.25, 0.3) is 11.0 Å². The first-order chi connectivity index (χ1) is 6.77. The van der Waals surface area contributed by atoms with Gasteiger partial charge in [-0.15, -0.1) is 0 Å². The highest BCUT2D eigenvalue weighted by Crippen LogP contribution is 1.96. The van der Waals surface area contributed by atoms with Crippen molar-refractivity contribution in [2.75, 3.05) is 0 Å². The van der Waals surface area contributed by atoms with Gasteiger partial charge in [0.2, 0.25) is 0 Å². The molecule has 0 spiro atoms. The van der Waals surface area contributed by atoms with E-state index < -0.39 is 11.2 Å². The lowest BCUT2D eigenvalue weighted by atomic mass is 10.4. The Balaban J connectivity index is 0.000000461. The molecule has 2 aromatic heterocycles. The van der Waals surface area contributed by atoms with Crippen LogP contribution in [0, 0.1) is 0 Å². The molecule has 0 aromatic carbocycles. The van der Waals surface area contributed by atoms with Crippen LogP contribution >= 0.6 is 0 Å². The predicted molar refractivity (Wildman–Crippen MR) is 54.3 cm³/mol. The maximum atomic E-state index is 11.1. The van der Waals surface area contributed by atoms with Gasteiger partial charge in [0, 0.05) is 6.20 Å². The van der Waals surface area contributed by atoms with E-state index in [9.17, 15) is 9.59 Å². The molecule has 0 unspecified atom stereocenters. The van der Waals surface area contributed by atoms with Crippen molar-refractivity contribution >= 4 is 11.0 Å². The number of nitrogens with zero attached hydrogens (tertiary/aromatic N) is 1. The minimum absolute atomic E-state index is 0.247. The summed E-state index contributed by atoms with van der Waals surface area (Å²) in [6, 6.07) is 3.27. The summed E-state index contributed by atoms with van der Waals surface area (Å²) in [5, 5.41) is 0. The normalized spacial score (nSPS) is 9.29. The van der Waals surface area contributed by atoms with E-state index in [4.69, 9.17) is 0 Å². The van der Waals surface area contributed by atoms with Gasteiger partial charge in [-0.25, -0.2) is 9.78 Å². The van der Waals surface area contributed by atoms with E-state index in [-0.39, 0.29) is 5.52 Å². The highest BCUT2D eigenvalue weighted by molar-refractivity contribution is 5.71. The molecule has 0 aliphatic carbocycles. The van der Waals surface area contributed by atoms with E-state index in [2.05, 4.69) is 15.0 Å². The average molecular weight is 193 g/mol. The van der Waals surface area contributed by atoms with Gasteiger partial charge in [-0.05, 0) is 12.1 Å². The van der Waals surface area contributed by atoms with Crippen molar-refractivity contribution < 1.29 is 0 Å². The largest absolute Gasteiger partial charge is 0.326 e. The van der Waals surface area contributed by atoms with Crippen molar-refractivity contribution in [1.29, 1.82) is 0 Å². The first kappa shape index (κ1) is 10.2. The topological polar surface area (TPSA) is 78.6 Å². The molecule has 0 amide bonds. The summed E-state index contributed by atoms with van der Waals surface area (Å²) in [5.41, 5.74) is -0.279. The van der Waals surface area contributed by atoms with E-state index in [0.29, 0.717) is 5.52 Å². The average Bonchev–Trinajstić information content (AvgIpc) is 2.20. The van der Waals surface area contributed by atoms with Gasteiger partial charge >= 0.3 is 5.69 Å². The molecule has 0 radical (unpaired) electrons. The molecule has 2 rings (SSSR count). The monoisotopic (exact) mass is 193 g/mol. The van der Waals surface area contributed by atoms with E-state index in [1.807, 2.05) is 13.8 Å². The molecule has 5 nitrogen and oxygen atoms in total. The summed E-state index contributed by atoms with van der Waals surface area (Å²) < 4.78 is 0. The number of aromatic nitrogens is 3. The number of hydrogen-bond donors (Lipinski definition) is 2. The van der Waals surface area contributed by atoms with E-state index in [1.54, 1.807) is 12.1 Å². The second-order valence-corrected chi connectivity index (χ2v) is 2.31. The Labute approximate surface area is 79.8 Å². The zero-order valence-electron chi connectivity index (χ0n) is 8.00. The maximum absolute atomic E-state index is 11.1. The van der Waals surface area contributed by atoms with Crippen LogP contribution in [0.15, 0.2) is 27.9 Å². The molecule has 2 heterocycles. The first-order valence-corrected chi connectivity index (χ1v) is 4.35. The first-order valence-electron chi connectivity index (χ1n) is 4.35. The zero-order chi connectivity index (χ0) is 10.6. The molecule has 0 fully saturated rings. The van der Waals surface area contributed by atoms with Crippen LogP contribution in [0.4, 0.5) is 0 Å². The lowest BCUT2D eigenvalue weighted by Gasteiger charge is -1.91. The van der Waals surface area contributed by atoms with Crippen LogP contribution in [0.5, 0.6) is 0 Å². The number of H-pyrrole nitrogens is 2. The molecule has 0 atom stereocenters. The number of hydrogen-bond acceptors (Lipinski definition) is 3. The molecule has 0 bridgehead atoms. The number of pyridine rings is 1. The van der Waals surface area contributed by atoms with Crippen molar-refractivity contribution in [3.8, 4) is 0 Å². The highest BCUT2D eigenvalue weighted by Gasteiger charge is 1.98. The smallest absolute Gasteiger partial charge is 0.305 e. The molecular weight excluding hydrogens is 182 g/mol. The van der Waals surface area contributed by atoms with Crippen LogP contribution in [0.2, 0.25) is 0 Å². The summed E-state index contributed by atoms with van der Waals surface area (Å²) in [4.78, 5) is 30.2. The standard InChI is InChI=1S/C7H5N3O2.C2H6/c11-6-5-4(2-1-3-8-5)9-7(12)10-6;1-2/h1-3H,(H2,9,10,11,12);1-2H3. The Kier molecular flexibility index (Phi) is 3.17. The van der Waals surface area contributed by atoms with Gasteiger partial charge in [0.1, 0.15) is 0 Å². The minimum Gasteiger partial charge on any atom is -0.305 e. The Morgan fingerprint density at radius 2 is 1.93 bits per heavy atom. The summed E-state index contributed by atoms with van der Waals surface area (Å²) in [7, 11) is 0. The van der Waals surface area contributed by atoms with E-state index in [1.165, 1.54) is 6.20 Å². The van der Waals surface area contributed by atoms with Gasteiger partial charge in [0.25, 0.3) is 5.56 Å². The Bertz CT molecular complexity index is 527. The summed E-state index contributed by atoms with van der Waals surface area (Å²) in [5.74, 6) is 0. The minimum atomic E-state index is -0.513. The van der Waals surface area contributed by atoms with Crippen LogP contribution < -0.4 is 11.2 Å². The van der Waals surface area contributed by atoms with Crippen molar-refractivity contribution in [2.45, 2.75) is 13.8 Å². The van der Waals surface area contributed by atoms with Crippen LogP contribution in [0.3, 0.4) is 0 Å². The van der Waals surface area contributed by atoms with Crippen LogP contribution in [-0.2, 0) is 0 Å². The fourth-order valence-corrected chi connectivity index (χ4v) is 1.00. The lowest BCUT2D eigenvalue weighted by molar-refractivity contribution is 1.07. The molecule has 0 saturated carbocycles. The number of nitrogens with one attached hydrogen (secondary N) is 2. The number of aromatic amines is 2. The van der Waals surface area contributed by atoms with Crippen LogP contribution in [-0.4, -0.2) is 15.0 Å². The third-order valence-corrected chi connectivity index (χ3v) is 1.50. The quantitative estimate of drug-likeness (QED) is 0.644. The second kappa shape index (κ2) is 4.36. The van der Waals surface area contributed by atoms with Crippen LogP contribution in [0.1, 0.15) is 13.8 Å². The Morgan fingerprint density at radius 3 is 2.64 bits per heavy atom. The number of rotatable bonds is 0. The zero-order valence-corrected chi connectivity index (χ0v) is 8.00. The Hall–Kier alpha value is -1.91. The SMILES string of the molecule is CC.O=c1[nH]c(=O)c2ncccc2[nH]1. The molecular formula is C9H11N3O2. The molecule has 0 aliphatic rings. The molecule has 0 aliphatic heterocycles. The fraction of sp³-hybridized carbons (Fsp3) is 0.222. The molecule has 5 heteroatoms. The Morgan fingerprint density at radius 1 is 1.21 bits per heavy atom. The summed E-state index contributed by atoms with van der Waals surface area (Å²) in [6.45, 7) is 4.00. The van der Waals surface area contributed by atoms with Crippen molar-refractivity contribution in [3.63, 3.8) is 0 Å². The molecule has 0 saturated heterocycles. The third kappa shape index (κ3) is 1.87. The van der Waals surface area contributed by atoms with Gasteiger partial charge in [0.05, 0.1) is 5.52 Å². The highest BCUT2D eigenvalue weighted by atomic mass is 16.2. The van der Waals surface area contributed by atoms with Crippen molar-refractivity contribution in [3.05, 3.63) is 39.2 Å². The van der Waals surface area contributed by atoms with E-state index >= 15 is 0 Å². The van der Waals surface area contributed by atoms with Crippen molar-refractivity contribution in [2.24, 2.45) is 0 Å². The molecule has 74 valence electrons. The predicted octanol–water partition coefficient (Wildman–Crippen LogP) is 0.638. The van der Waals surface area contributed by atoms with Gasteiger partial charge in [0.15, 0.2) is 5.52 Å². The molecule has 2 N–H and O–H groups in total. The second-order valence-electron chi connectivity index (χ2n) is 2.31. The lowest BCUT2D eigenvalue weighted by Crippen LogP contribution is -2.22. The molecule has 14 heavy (non-hydrogen) atoms. The van der Waals surface area contributed by atoms with Gasteiger partial charge in [-0.3, -0.25) is 9.78 Å². The van der Waals surface area contributed by atoms with Crippen molar-refractivity contribution in [1.82, 2.24) is 15.0 Å². The third-order valence-electron chi connectivity index (χ3n) is 1.50.